The molecule has 2 fully saturated rings. The molecule has 1 saturated carbocycles. The molecule has 0 radical (unpaired) electrons. The van der Waals surface area contributed by atoms with Crippen molar-refractivity contribution in [3.05, 3.63) is 23.8 Å². The minimum absolute atomic E-state index is 0.0892. The van der Waals surface area contributed by atoms with Crippen LogP contribution in [0, 0.1) is 11.8 Å². The van der Waals surface area contributed by atoms with Crippen LogP contribution in [0.1, 0.15) is 23.2 Å². The molecule has 1 unspecified atom stereocenters. The number of piperidine rings is 1. The van der Waals surface area contributed by atoms with E-state index in [1.807, 2.05) is 23.1 Å². The van der Waals surface area contributed by atoms with Gasteiger partial charge in [0.15, 0.2) is 0 Å². The maximum absolute atomic E-state index is 12.7. The Labute approximate surface area is 122 Å². The molecule has 6 heteroatoms. The zero-order valence-electron chi connectivity index (χ0n) is 12.0. The lowest BCUT2D eigenvalue weighted by Gasteiger charge is -2.37. The van der Waals surface area contributed by atoms with Gasteiger partial charge in [-0.1, -0.05) is 0 Å². The third kappa shape index (κ3) is 2.01. The normalized spacial score (nSPS) is 28.2. The monoisotopic (exact) mass is 286 g/mol. The van der Waals surface area contributed by atoms with Crippen LogP contribution >= 0.6 is 0 Å². The van der Waals surface area contributed by atoms with Crippen molar-refractivity contribution in [2.75, 3.05) is 20.2 Å². The highest BCUT2D eigenvalue weighted by Crippen LogP contribution is 2.39. The van der Waals surface area contributed by atoms with Crippen LogP contribution in [-0.2, 0) is 4.74 Å². The number of likely N-dealkylation sites (tertiary alicyclic amines) is 1. The Hall–Kier alpha value is -1.95. The van der Waals surface area contributed by atoms with Gasteiger partial charge in [0.2, 0.25) is 0 Å². The molecule has 6 nitrogen and oxygen atoms in total. The SMILES string of the molecule is COC1[C@@H]2CC[C@H]1CN(C(=O)c1ccc3n[nH]nc3c1)C2. The Balaban J connectivity index is 1.58. The average Bonchev–Trinajstić information content (AvgIpc) is 3.07. The molecule has 2 aromatic rings. The summed E-state index contributed by atoms with van der Waals surface area (Å²) in [5.74, 6) is 1.05. The number of ether oxygens (including phenoxy) is 1. The van der Waals surface area contributed by atoms with Gasteiger partial charge in [0.25, 0.3) is 5.91 Å². The number of rotatable bonds is 2. The van der Waals surface area contributed by atoms with Crippen molar-refractivity contribution in [1.29, 1.82) is 0 Å². The maximum Gasteiger partial charge on any atom is 0.253 e. The maximum atomic E-state index is 12.7. The molecule has 3 atom stereocenters. The Kier molecular flexibility index (Phi) is 2.92. The summed E-state index contributed by atoms with van der Waals surface area (Å²) in [5, 5.41) is 10.6. The number of benzene rings is 1. The van der Waals surface area contributed by atoms with Gasteiger partial charge < -0.3 is 9.64 Å². The lowest BCUT2D eigenvalue weighted by Crippen LogP contribution is -2.48. The summed E-state index contributed by atoms with van der Waals surface area (Å²) in [7, 11) is 1.78. The first-order chi connectivity index (χ1) is 10.3. The molecular weight excluding hydrogens is 268 g/mol. The largest absolute Gasteiger partial charge is 0.381 e. The van der Waals surface area contributed by atoms with E-state index in [0.29, 0.717) is 23.5 Å². The van der Waals surface area contributed by atoms with Crippen molar-refractivity contribution in [2.45, 2.75) is 18.9 Å². The topological polar surface area (TPSA) is 71.1 Å². The molecule has 2 aliphatic rings. The van der Waals surface area contributed by atoms with Gasteiger partial charge in [-0.2, -0.15) is 15.4 Å². The van der Waals surface area contributed by atoms with E-state index in [-0.39, 0.29) is 5.91 Å². The van der Waals surface area contributed by atoms with Gasteiger partial charge in [0.1, 0.15) is 11.0 Å². The minimum atomic E-state index is 0.0892. The number of methoxy groups -OCH3 is 1. The number of H-pyrrole nitrogens is 1. The zero-order chi connectivity index (χ0) is 14.4. The second-order valence-electron chi connectivity index (χ2n) is 6.04. The number of aromatic nitrogens is 3. The van der Waals surface area contributed by atoms with E-state index in [4.69, 9.17) is 4.74 Å². The molecule has 2 heterocycles. The van der Waals surface area contributed by atoms with Crippen LogP contribution in [0.2, 0.25) is 0 Å². The Morgan fingerprint density at radius 1 is 1.24 bits per heavy atom. The van der Waals surface area contributed by atoms with Crippen LogP contribution < -0.4 is 0 Å². The molecule has 0 spiro atoms. The Bertz CT molecular complexity index is 669. The summed E-state index contributed by atoms with van der Waals surface area (Å²) in [6, 6.07) is 5.48. The first-order valence-electron chi connectivity index (χ1n) is 7.39. The number of hydrogen-bond donors (Lipinski definition) is 1. The van der Waals surface area contributed by atoms with Crippen LogP contribution in [-0.4, -0.2) is 52.5 Å². The summed E-state index contributed by atoms with van der Waals surface area (Å²) in [6.07, 6.45) is 2.65. The molecule has 1 amide bonds. The first kappa shape index (κ1) is 12.8. The molecule has 1 aliphatic carbocycles. The smallest absolute Gasteiger partial charge is 0.253 e. The second kappa shape index (κ2) is 4.80. The second-order valence-corrected chi connectivity index (χ2v) is 6.04. The predicted octanol–water partition coefficient (Wildman–Crippen LogP) is 1.45. The van der Waals surface area contributed by atoms with E-state index in [9.17, 15) is 4.79 Å². The highest BCUT2D eigenvalue weighted by Gasteiger charge is 2.43. The van der Waals surface area contributed by atoms with Gasteiger partial charge in [-0.25, -0.2) is 0 Å². The minimum Gasteiger partial charge on any atom is -0.381 e. The lowest BCUT2D eigenvalue weighted by molar-refractivity contribution is -0.0113. The third-order valence-corrected chi connectivity index (χ3v) is 4.87. The fourth-order valence-electron chi connectivity index (χ4n) is 3.88. The number of fused-ring (bicyclic) bond motifs is 3. The van der Waals surface area contributed by atoms with Crippen molar-refractivity contribution < 1.29 is 9.53 Å². The van der Waals surface area contributed by atoms with Crippen LogP contribution in [0.15, 0.2) is 18.2 Å². The molecule has 1 aromatic carbocycles. The Morgan fingerprint density at radius 3 is 2.67 bits per heavy atom. The molecule has 4 rings (SSSR count). The van der Waals surface area contributed by atoms with E-state index < -0.39 is 0 Å². The van der Waals surface area contributed by atoms with Crippen LogP contribution in [0.5, 0.6) is 0 Å². The van der Waals surface area contributed by atoms with Crippen molar-refractivity contribution in [2.24, 2.45) is 11.8 Å². The lowest BCUT2D eigenvalue weighted by atomic mass is 9.94. The summed E-state index contributed by atoms with van der Waals surface area (Å²) in [5.41, 5.74) is 2.20. The number of carbonyl (C=O) groups excluding carboxylic acids is 1. The van der Waals surface area contributed by atoms with Crippen molar-refractivity contribution in [3.63, 3.8) is 0 Å². The average molecular weight is 286 g/mol. The number of nitrogens with one attached hydrogen (secondary N) is 1. The molecule has 110 valence electrons. The van der Waals surface area contributed by atoms with Crippen molar-refractivity contribution in [1.82, 2.24) is 20.3 Å². The van der Waals surface area contributed by atoms with Crippen LogP contribution in [0.4, 0.5) is 0 Å². The Morgan fingerprint density at radius 2 is 1.95 bits per heavy atom. The zero-order valence-corrected chi connectivity index (χ0v) is 12.0. The summed E-state index contributed by atoms with van der Waals surface area (Å²) in [6.45, 7) is 1.59. The molecule has 1 aromatic heterocycles. The van der Waals surface area contributed by atoms with E-state index >= 15 is 0 Å². The van der Waals surface area contributed by atoms with E-state index in [2.05, 4.69) is 15.4 Å². The third-order valence-electron chi connectivity index (χ3n) is 4.87. The number of nitrogens with zero attached hydrogens (tertiary/aromatic N) is 3. The summed E-state index contributed by atoms with van der Waals surface area (Å²) >= 11 is 0. The van der Waals surface area contributed by atoms with E-state index in [1.54, 1.807) is 7.11 Å². The van der Waals surface area contributed by atoms with Crippen LogP contribution in [0.3, 0.4) is 0 Å². The van der Waals surface area contributed by atoms with Crippen molar-refractivity contribution in [3.8, 4) is 0 Å². The molecule has 1 N–H and O–H groups in total. The number of hydrogen-bond acceptors (Lipinski definition) is 4. The molecule has 2 bridgehead atoms. The molecular formula is C15H18N4O2. The summed E-state index contributed by atoms with van der Waals surface area (Å²) < 4.78 is 5.60. The van der Waals surface area contributed by atoms with Gasteiger partial charge >= 0.3 is 0 Å². The van der Waals surface area contributed by atoms with Gasteiger partial charge in [-0.05, 0) is 31.0 Å². The predicted molar refractivity (Wildman–Crippen MR) is 76.8 cm³/mol. The fraction of sp³-hybridized carbons (Fsp3) is 0.533. The number of aromatic amines is 1. The fourth-order valence-corrected chi connectivity index (χ4v) is 3.88. The molecule has 21 heavy (non-hydrogen) atoms. The van der Waals surface area contributed by atoms with E-state index in [1.165, 1.54) is 0 Å². The van der Waals surface area contributed by atoms with Gasteiger partial charge in [-0.15, -0.1) is 0 Å². The highest BCUT2D eigenvalue weighted by atomic mass is 16.5. The quantitative estimate of drug-likeness (QED) is 0.907. The van der Waals surface area contributed by atoms with Crippen molar-refractivity contribution >= 4 is 16.9 Å². The highest BCUT2D eigenvalue weighted by molar-refractivity contribution is 5.97. The number of carbonyl (C=O) groups is 1. The van der Waals surface area contributed by atoms with E-state index in [0.717, 1.165) is 37.0 Å². The summed E-state index contributed by atoms with van der Waals surface area (Å²) in [4.78, 5) is 14.7. The molecule has 1 aliphatic heterocycles. The molecule has 1 saturated heterocycles. The number of amides is 1. The van der Waals surface area contributed by atoms with Crippen LogP contribution in [0.25, 0.3) is 11.0 Å². The van der Waals surface area contributed by atoms with Gasteiger partial charge in [0.05, 0.1) is 6.10 Å². The first-order valence-corrected chi connectivity index (χ1v) is 7.39. The van der Waals surface area contributed by atoms with Gasteiger partial charge in [0, 0.05) is 37.6 Å². The van der Waals surface area contributed by atoms with Gasteiger partial charge in [-0.3, -0.25) is 4.79 Å². The standard InChI is InChI=1S/C15H18N4O2/c1-21-14-10-2-3-11(14)8-19(7-10)15(20)9-4-5-12-13(6-9)17-18-16-12/h4-6,10-11,14H,2-3,7-8H2,1H3,(H,16,17,18)/t10-,11+,14?.